The fourth-order valence-corrected chi connectivity index (χ4v) is 1.73. The maximum atomic E-state index is 11.2. The van der Waals surface area contributed by atoms with Gasteiger partial charge in [-0.15, -0.1) is 0 Å². The number of nitrogens with one attached hydrogen (secondary N) is 1. The lowest BCUT2D eigenvalue weighted by Crippen LogP contribution is -2.49. The van der Waals surface area contributed by atoms with Crippen LogP contribution in [0.25, 0.3) is 10.4 Å². The van der Waals surface area contributed by atoms with Crippen molar-refractivity contribution in [3.63, 3.8) is 0 Å². The molecule has 0 aromatic rings. The number of primary amides is 1. The largest absolute Gasteiger partial charge is 0.376 e. The maximum Gasteiger partial charge on any atom is 0.237 e. The van der Waals surface area contributed by atoms with Crippen LogP contribution in [0, 0.1) is 0 Å². The molecule has 0 aromatic carbocycles. The second-order valence-corrected chi connectivity index (χ2v) is 3.69. The minimum absolute atomic E-state index is 0.114. The SMILES string of the molecule is [N-]=[N+]=NCCCNC(C(N)=O)C1CCCO1. The molecule has 1 amide bonds. The third-order valence-corrected chi connectivity index (χ3v) is 2.51. The first-order chi connectivity index (χ1) is 7.75. The molecule has 0 bridgehead atoms. The molecule has 0 radical (unpaired) electrons. The number of hydrogen-bond donors (Lipinski definition) is 2. The van der Waals surface area contributed by atoms with Crippen molar-refractivity contribution in [1.29, 1.82) is 0 Å². The number of hydrogen-bond acceptors (Lipinski definition) is 4. The summed E-state index contributed by atoms with van der Waals surface area (Å²) in [5.74, 6) is -0.393. The molecular weight excluding hydrogens is 210 g/mol. The molecule has 1 rings (SSSR count). The van der Waals surface area contributed by atoms with Gasteiger partial charge in [-0.25, -0.2) is 0 Å². The van der Waals surface area contributed by atoms with E-state index in [9.17, 15) is 4.79 Å². The Bertz CT molecular complexity index is 271. The normalized spacial score (nSPS) is 21.4. The zero-order valence-electron chi connectivity index (χ0n) is 9.13. The van der Waals surface area contributed by atoms with Gasteiger partial charge in [0, 0.05) is 18.1 Å². The number of ether oxygens (including phenoxy) is 1. The van der Waals surface area contributed by atoms with E-state index in [1.807, 2.05) is 0 Å². The lowest BCUT2D eigenvalue weighted by Gasteiger charge is -2.20. The van der Waals surface area contributed by atoms with Crippen LogP contribution in [0.1, 0.15) is 19.3 Å². The first-order valence-corrected chi connectivity index (χ1v) is 5.41. The van der Waals surface area contributed by atoms with Gasteiger partial charge in [0.2, 0.25) is 5.91 Å². The van der Waals surface area contributed by atoms with E-state index in [1.54, 1.807) is 0 Å². The molecule has 1 fully saturated rings. The maximum absolute atomic E-state index is 11.2. The van der Waals surface area contributed by atoms with Gasteiger partial charge < -0.3 is 15.8 Å². The van der Waals surface area contributed by atoms with Gasteiger partial charge >= 0.3 is 0 Å². The molecule has 1 saturated heterocycles. The summed E-state index contributed by atoms with van der Waals surface area (Å²) in [7, 11) is 0. The Morgan fingerprint density at radius 3 is 3.12 bits per heavy atom. The van der Waals surface area contributed by atoms with Crippen LogP contribution in [0.2, 0.25) is 0 Å². The van der Waals surface area contributed by atoms with Gasteiger partial charge in [-0.1, -0.05) is 5.11 Å². The number of azide groups is 1. The number of nitrogens with two attached hydrogens (primary N) is 1. The Morgan fingerprint density at radius 2 is 2.56 bits per heavy atom. The molecule has 1 heterocycles. The first-order valence-electron chi connectivity index (χ1n) is 5.41. The molecule has 0 aromatic heterocycles. The summed E-state index contributed by atoms with van der Waals surface area (Å²) in [6, 6.07) is -0.437. The smallest absolute Gasteiger partial charge is 0.237 e. The molecule has 0 aliphatic carbocycles. The van der Waals surface area contributed by atoms with Crippen LogP contribution in [-0.4, -0.2) is 37.7 Å². The third kappa shape index (κ3) is 4.06. The van der Waals surface area contributed by atoms with E-state index >= 15 is 0 Å². The molecular formula is C9H17N5O2. The molecule has 90 valence electrons. The van der Waals surface area contributed by atoms with Gasteiger partial charge in [-0.2, -0.15) is 0 Å². The number of rotatable bonds is 7. The van der Waals surface area contributed by atoms with E-state index in [1.165, 1.54) is 0 Å². The van der Waals surface area contributed by atoms with Gasteiger partial charge in [0.25, 0.3) is 0 Å². The Kier molecular flexibility index (Phi) is 5.63. The van der Waals surface area contributed by atoms with E-state index < -0.39 is 11.9 Å². The van der Waals surface area contributed by atoms with Gasteiger partial charge in [0.05, 0.1) is 6.10 Å². The summed E-state index contributed by atoms with van der Waals surface area (Å²) in [4.78, 5) is 13.8. The Balaban J connectivity index is 2.27. The summed E-state index contributed by atoms with van der Waals surface area (Å²) in [5, 5.41) is 6.44. The molecule has 0 spiro atoms. The van der Waals surface area contributed by atoms with Gasteiger partial charge in [0.15, 0.2) is 0 Å². The molecule has 0 saturated carbocycles. The van der Waals surface area contributed by atoms with Crippen molar-refractivity contribution in [2.24, 2.45) is 10.8 Å². The highest BCUT2D eigenvalue weighted by atomic mass is 16.5. The van der Waals surface area contributed by atoms with E-state index in [0.29, 0.717) is 26.1 Å². The predicted octanol–water partition coefficient (Wildman–Crippen LogP) is 0.309. The van der Waals surface area contributed by atoms with Gasteiger partial charge in [0.1, 0.15) is 6.04 Å². The molecule has 1 aliphatic heterocycles. The molecule has 7 nitrogen and oxygen atoms in total. The van der Waals surface area contributed by atoms with Crippen LogP contribution in [0.15, 0.2) is 5.11 Å². The zero-order valence-corrected chi connectivity index (χ0v) is 9.13. The number of carbonyl (C=O) groups is 1. The average Bonchev–Trinajstić information content (AvgIpc) is 2.76. The number of nitrogens with zero attached hydrogens (tertiary/aromatic N) is 3. The summed E-state index contributed by atoms with van der Waals surface area (Å²) in [6.07, 6.45) is 2.39. The molecule has 1 aliphatic rings. The van der Waals surface area contributed by atoms with Crippen LogP contribution in [0.4, 0.5) is 0 Å². The molecule has 16 heavy (non-hydrogen) atoms. The summed E-state index contributed by atoms with van der Waals surface area (Å²) in [5.41, 5.74) is 13.4. The van der Waals surface area contributed by atoms with Gasteiger partial charge in [-0.05, 0) is 31.3 Å². The minimum atomic E-state index is -0.437. The molecule has 7 heteroatoms. The van der Waals surface area contributed by atoms with Crippen molar-refractivity contribution in [2.75, 3.05) is 19.7 Å². The van der Waals surface area contributed by atoms with E-state index in [0.717, 1.165) is 12.8 Å². The van der Waals surface area contributed by atoms with Crippen molar-refractivity contribution in [1.82, 2.24) is 5.32 Å². The van der Waals surface area contributed by atoms with E-state index in [-0.39, 0.29) is 6.10 Å². The average molecular weight is 227 g/mol. The number of amides is 1. The lowest BCUT2D eigenvalue weighted by atomic mass is 10.1. The van der Waals surface area contributed by atoms with Crippen molar-refractivity contribution in [3.05, 3.63) is 10.4 Å². The fourth-order valence-electron chi connectivity index (χ4n) is 1.73. The quantitative estimate of drug-likeness (QED) is 0.282. The van der Waals surface area contributed by atoms with Crippen molar-refractivity contribution < 1.29 is 9.53 Å². The van der Waals surface area contributed by atoms with Crippen LogP contribution in [0.3, 0.4) is 0 Å². The predicted molar refractivity (Wildman–Crippen MR) is 58.6 cm³/mol. The second-order valence-electron chi connectivity index (χ2n) is 3.69. The molecule has 2 unspecified atom stereocenters. The zero-order chi connectivity index (χ0) is 11.8. The van der Waals surface area contributed by atoms with Crippen LogP contribution >= 0.6 is 0 Å². The van der Waals surface area contributed by atoms with Crippen LogP contribution in [-0.2, 0) is 9.53 Å². The standard InChI is InChI=1S/C9H17N5O2/c10-9(15)8(7-3-1-6-16-7)12-4-2-5-13-14-11/h7-8,12H,1-6H2,(H2,10,15). The van der Waals surface area contributed by atoms with Crippen LogP contribution in [0.5, 0.6) is 0 Å². The summed E-state index contributed by atoms with van der Waals surface area (Å²) >= 11 is 0. The van der Waals surface area contributed by atoms with E-state index in [2.05, 4.69) is 15.3 Å². The topological polar surface area (TPSA) is 113 Å². The fraction of sp³-hybridized carbons (Fsp3) is 0.889. The third-order valence-electron chi connectivity index (χ3n) is 2.51. The van der Waals surface area contributed by atoms with Gasteiger partial charge in [-0.3, -0.25) is 4.79 Å². The Hall–Kier alpha value is -1.30. The molecule has 3 N–H and O–H groups in total. The second kappa shape index (κ2) is 7.05. The first kappa shape index (κ1) is 12.8. The Labute approximate surface area is 94.0 Å². The van der Waals surface area contributed by atoms with E-state index in [4.69, 9.17) is 16.0 Å². The van der Waals surface area contributed by atoms with Crippen molar-refractivity contribution in [3.8, 4) is 0 Å². The van der Waals surface area contributed by atoms with Crippen molar-refractivity contribution >= 4 is 5.91 Å². The highest BCUT2D eigenvalue weighted by molar-refractivity contribution is 5.80. The molecule has 2 atom stereocenters. The highest BCUT2D eigenvalue weighted by Gasteiger charge is 2.29. The minimum Gasteiger partial charge on any atom is -0.376 e. The summed E-state index contributed by atoms with van der Waals surface area (Å²) in [6.45, 7) is 1.70. The van der Waals surface area contributed by atoms with Crippen molar-refractivity contribution in [2.45, 2.75) is 31.4 Å². The lowest BCUT2D eigenvalue weighted by molar-refractivity contribution is -0.123. The summed E-state index contributed by atoms with van der Waals surface area (Å²) < 4.78 is 5.41. The highest BCUT2D eigenvalue weighted by Crippen LogP contribution is 2.15. The van der Waals surface area contributed by atoms with Crippen LogP contribution < -0.4 is 11.1 Å². The number of carbonyl (C=O) groups excluding carboxylic acids is 1. The Morgan fingerprint density at radius 1 is 1.75 bits per heavy atom. The monoisotopic (exact) mass is 227 g/mol.